The maximum Gasteiger partial charge on any atom is 0.251 e. The number of fused-ring (bicyclic) bond motifs is 1. The van der Waals surface area contributed by atoms with E-state index in [-0.39, 0.29) is 11.9 Å². The molecule has 3 rings (SSSR count). The fourth-order valence-corrected chi connectivity index (χ4v) is 3.81. The van der Waals surface area contributed by atoms with Gasteiger partial charge < -0.3 is 14.8 Å². The molecule has 1 aliphatic heterocycles. The molecule has 0 radical (unpaired) electrons. The summed E-state index contributed by atoms with van der Waals surface area (Å²) in [7, 11) is 3.29. The van der Waals surface area contributed by atoms with E-state index in [0.717, 1.165) is 25.3 Å². The molecule has 1 aliphatic rings. The Bertz CT molecular complexity index is 825. The van der Waals surface area contributed by atoms with E-state index in [1.165, 1.54) is 11.1 Å². The zero-order valence-electron chi connectivity index (χ0n) is 15.9. The molecule has 2 aromatic rings. The Balaban J connectivity index is 1.84. The Morgan fingerprint density at radius 1 is 1.22 bits per heavy atom. The molecule has 5 nitrogen and oxygen atoms in total. The van der Waals surface area contributed by atoms with Gasteiger partial charge in [-0.15, -0.1) is 0 Å². The summed E-state index contributed by atoms with van der Waals surface area (Å²) in [4.78, 5) is 14.9. The minimum absolute atomic E-state index is 0.0849. The maximum atomic E-state index is 12.5. The highest BCUT2D eigenvalue weighted by molar-refractivity contribution is 6.30. The molecule has 27 heavy (non-hydrogen) atoms. The number of carbonyl (C=O) groups is 1. The molecule has 6 heteroatoms. The predicted molar refractivity (Wildman–Crippen MR) is 107 cm³/mol. The van der Waals surface area contributed by atoms with Gasteiger partial charge in [-0.05, 0) is 54.4 Å². The zero-order valence-corrected chi connectivity index (χ0v) is 16.7. The van der Waals surface area contributed by atoms with Crippen LogP contribution in [0.15, 0.2) is 36.4 Å². The summed E-state index contributed by atoms with van der Waals surface area (Å²) in [6, 6.07) is 11.1. The fourth-order valence-electron chi connectivity index (χ4n) is 3.62. The summed E-state index contributed by atoms with van der Waals surface area (Å²) >= 11 is 6.00. The second kappa shape index (κ2) is 8.63. The average Bonchev–Trinajstić information content (AvgIpc) is 2.70. The Labute approximate surface area is 165 Å². The van der Waals surface area contributed by atoms with E-state index in [9.17, 15) is 4.79 Å². The van der Waals surface area contributed by atoms with Crippen molar-refractivity contribution >= 4 is 17.5 Å². The Morgan fingerprint density at radius 2 is 1.96 bits per heavy atom. The lowest BCUT2D eigenvalue weighted by molar-refractivity contribution is 0.0930. The topological polar surface area (TPSA) is 50.8 Å². The quantitative estimate of drug-likeness (QED) is 0.819. The van der Waals surface area contributed by atoms with E-state index in [4.69, 9.17) is 21.1 Å². The second-order valence-electron chi connectivity index (χ2n) is 6.52. The van der Waals surface area contributed by atoms with Crippen molar-refractivity contribution in [2.45, 2.75) is 19.4 Å². The number of nitrogens with one attached hydrogen (secondary N) is 1. The molecule has 0 fully saturated rings. The second-order valence-corrected chi connectivity index (χ2v) is 6.96. The number of hydrogen-bond acceptors (Lipinski definition) is 4. The van der Waals surface area contributed by atoms with Crippen LogP contribution in [0.25, 0.3) is 0 Å². The molecule has 1 N–H and O–H groups in total. The van der Waals surface area contributed by atoms with Gasteiger partial charge in [0.05, 0.1) is 20.3 Å². The minimum atomic E-state index is -0.124. The van der Waals surface area contributed by atoms with Gasteiger partial charge in [-0.3, -0.25) is 9.69 Å². The van der Waals surface area contributed by atoms with Crippen molar-refractivity contribution in [3.8, 4) is 11.5 Å². The van der Waals surface area contributed by atoms with Crippen LogP contribution in [0.2, 0.25) is 5.02 Å². The van der Waals surface area contributed by atoms with Gasteiger partial charge >= 0.3 is 0 Å². The van der Waals surface area contributed by atoms with Crippen molar-refractivity contribution < 1.29 is 14.3 Å². The van der Waals surface area contributed by atoms with Gasteiger partial charge in [0, 0.05) is 23.7 Å². The average molecular weight is 389 g/mol. The number of hydrogen-bond donors (Lipinski definition) is 1. The van der Waals surface area contributed by atoms with Gasteiger partial charge in [-0.1, -0.05) is 24.6 Å². The summed E-state index contributed by atoms with van der Waals surface area (Å²) in [6.07, 6.45) is 0.947. The highest BCUT2D eigenvalue weighted by Crippen LogP contribution is 2.37. The molecule has 144 valence electrons. The molecule has 0 saturated carbocycles. The van der Waals surface area contributed by atoms with E-state index >= 15 is 0 Å². The lowest BCUT2D eigenvalue weighted by Gasteiger charge is -2.37. The first-order chi connectivity index (χ1) is 13.1. The van der Waals surface area contributed by atoms with Crippen molar-refractivity contribution in [1.29, 1.82) is 0 Å². The van der Waals surface area contributed by atoms with Crippen LogP contribution >= 0.6 is 11.6 Å². The van der Waals surface area contributed by atoms with Gasteiger partial charge in [-0.25, -0.2) is 0 Å². The zero-order chi connectivity index (χ0) is 19.4. The number of methoxy groups -OCH3 is 2. The van der Waals surface area contributed by atoms with E-state index in [1.807, 2.05) is 12.1 Å². The molecular weight excluding hydrogens is 364 g/mol. The molecule has 0 unspecified atom stereocenters. The normalized spacial score (nSPS) is 16.5. The van der Waals surface area contributed by atoms with Crippen molar-refractivity contribution in [2.24, 2.45) is 0 Å². The number of halogens is 1. The smallest absolute Gasteiger partial charge is 0.251 e. The van der Waals surface area contributed by atoms with Crippen molar-refractivity contribution in [3.63, 3.8) is 0 Å². The van der Waals surface area contributed by atoms with Gasteiger partial charge in [0.2, 0.25) is 0 Å². The number of likely N-dealkylation sites (N-methyl/N-ethyl adjacent to an activating group) is 1. The highest BCUT2D eigenvalue weighted by Gasteiger charge is 2.28. The summed E-state index contributed by atoms with van der Waals surface area (Å²) in [6.45, 7) is 4.50. The lowest BCUT2D eigenvalue weighted by atomic mass is 9.91. The van der Waals surface area contributed by atoms with Gasteiger partial charge in [0.15, 0.2) is 11.5 Å². The number of carbonyl (C=O) groups excluding carboxylic acids is 1. The van der Waals surface area contributed by atoms with Crippen molar-refractivity contribution in [1.82, 2.24) is 10.2 Å². The van der Waals surface area contributed by atoms with Gasteiger partial charge in [-0.2, -0.15) is 0 Å². The van der Waals surface area contributed by atoms with Crippen LogP contribution in [0.5, 0.6) is 11.5 Å². The first-order valence-corrected chi connectivity index (χ1v) is 9.47. The number of benzene rings is 2. The highest BCUT2D eigenvalue weighted by atomic mass is 35.5. The van der Waals surface area contributed by atoms with Gasteiger partial charge in [0.25, 0.3) is 5.91 Å². The fraction of sp³-hybridized carbons (Fsp3) is 0.381. The molecule has 2 aromatic carbocycles. The van der Waals surface area contributed by atoms with Crippen LogP contribution in [0.3, 0.4) is 0 Å². The molecule has 1 amide bonds. The number of rotatable bonds is 6. The van der Waals surface area contributed by atoms with E-state index < -0.39 is 0 Å². The third kappa shape index (κ3) is 4.20. The summed E-state index contributed by atoms with van der Waals surface area (Å²) in [5, 5.41) is 3.61. The molecule has 0 spiro atoms. The van der Waals surface area contributed by atoms with Crippen molar-refractivity contribution in [3.05, 3.63) is 58.1 Å². The Kier molecular flexibility index (Phi) is 6.24. The van der Waals surface area contributed by atoms with Crippen LogP contribution in [0.1, 0.15) is 34.5 Å². The molecular formula is C21H25ClN2O3. The van der Waals surface area contributed by atoms with Crippen LogP contribution < -0.4 is 14.8 Å². The van der Waals surface area contributed by atoms with Crippen molar-refractivity contribution in [2.75, 3.05) is 33.9 Å². The monoisotopic (exact) mass is 388 g/mol. The largest absolute Gasteiger partial charge is 0.493 e. The first kappa shape index (κ1) is 19.5. The first-order valence-electron chi connectivity index (χ1n) is 9.10. The SMILES string of the molecule is CCN1CCc2cc(OC)c(OC)cc2[C@H]1CNC(=O)c1cccc(Cl)c1. The molecule has 0 aliphatic carbocycles. The number of ether oxygens (including phenoxy) is 2. The Hall–Kier alpha value is -2.24. The maximum absolute atomic E-state index is 12.5. The molecule has 1 atom stereocenters. The van der Waals surface area contributed by atoms with Crippen LogP contribution in [-0.2, 0) is 6.42 Å². The van der Waals surface area contributed by atoms with Crippen LogP contribution in [0.4, 0.5) is 0 Å². The minimum Gasteiger partial charge on any atom is -0.493 e. The molecule has 0 aromatic heterocycles. The molecule has 1 heterocycles. The summed E-state index contributed by atoms with van der Waals surface area (Å²) < 4.78 is 10.9. The standard InChI is InChI=1S/C21H25ClN2O3/c1-4-24-9-8-14-11-19(26-2)20(27-3)12-17(14)18(24)13-23-21(25)15-6-5-7-16(22)10-15/h5-7,10-12,18H,4,8-9,13H2,1-3H3,(H,23,25)/t18-/m1/s1. The third-order valence-corrected chi connectivity index (χ3v) is 5.30. The molecule has 0 bridgehead atoms. The summed E-state index contributed by atoms with van der Waals surface area (Å²) in [5.41, 5.74) is 2.97. The Morgan fingerprint density at radius 3 is 2.63 bits per heavy atom. The van der Waals surface area contributed by atoms with E-state index in [2.05, 4.69) is 17.1 Å². The van der Waals surface area contributed by atoms with Crippen LogP contribution in [-0.4, -0.2) is 44.7 Å². The van der Waals surface area contributed by atoms with Gasteiger partial charge in [0.1, 0.15) is 0 Å². The lowest BCUT2D eigenvalue weighted by Crippen LogP contribution is -2.42. The summed E-state index contributed by atoms with van der Waals surface area (Å²) in [5.74, 6) is 1.32. The van der Waals surface area contributed by atoms with E-state index in [0.29, 0.717) is 22.9 Å². The molecule has 0 saturated heterocycles. The third-order valence-electron chi connectivity index (χ3n) is 5.06. The van der Waals surface area contributed by atoms with E-state index in [1.54, 1.807) is 38.5 Å². The number of amides is 1. The number of nitrogens with zero attached hydrogens (tertiary/aromatic N) is 1. The predicted octanol–water partition coefficient (Wildman–Crippen LogP) is 3.71. The van der Waals surface area contributed by atoms with Crippen LogP contribution in [0, 0.1) is 0 Å².